The van der Waals surface area contributed by atoms with Crippen LogP contribution in [0.15, 0.2) is 18.2 Å². The maximum Gasteiger partial charge on any atom is 0.410 e. The van der Waals surface area contributed by atoms with E-state index in [9.17, 15) is 4.79 Å². The average molecular weight is 401 g/mol. The number of nitrogens with zero attached hydrogens (tertiary/aromatic N) is 2. The average Bonchev–Trinajstić information content (AvgIpc) is 3.19. The van der Waals surface area contributed by atoms with Crippen LogP contribution in [0.5, 0.6) is 11.5 Å². The van der Waals surface area contributed by atoms with Gasteiger partial charge < -0.3 is 24.0 Å². The normalized spacial score (nSPS) is 19.5. The van der Waals surface area contributed by atoms with E-state index in [0.29, 0.717) is 31.7 Å². The summed E-state index contributed by atoms with van der Waals surface area (Å²) in [6, 6.07) is 5.83. The standard InChI is InChI=1S/C23H32N2O4/c1-22(2,3)29-21(26)25-14-12-23(24-4,13-15-25)17-10-11-19(27-5)20(16-17)28-18-8-6-7-9-18/h10-11,16,18H,6-9,12-15H2,1-3,5H3. The molecule has 158 valence electrons. The molecule has 1 heterocycles. The molecule has 1 aliphatic heterocycles. The van der Waals surface area contributed by atoms with E-state index in [4.69, 9.17) is 20.8 Å². The van der Waals surface area contributed by atoms with Crippen LogP contribution in [0.4, 0.5) is 4.79 Å². The SMILES string of the molecule is [C-]#[N+]C1(c2ccc(OC)c(OC3CCCC3)c2)CCN(C(=O)OC(C)(C)C)CC1. The second-order valence-corrected chi connectivity index (χ2v) is 9.00. The summed E-state index contributed by atoms with van der Waals surface area (Å²) in [5.74, 6) is 1.42. The van der Waals surface area contributed by atoms with Gasteiger partial charge in [-0.2, -0.15) is 0 Å². The van der Waals surface area contributed by atoms with Gasteiger partial charge in [-0.1, -0.05) is 0 Å². The molecule has 0 spiro atoms. The molecule has 0 atom stereocenters. The zero-order valence-corrected chi connectivity index (χ0v) is 18.0. The van der Waals surface area contributed by atoms with Gasteiger partial charge in [-0.05, 0) is 64.7 Å². The fraction of sp³-hybridized carbons (Fsp3) is 0.652. The van der Waals surface area contributed by atoms with Gasteiger partial charge in [0.25, 0.3) is 5.54 Å². The number of likely N-dealkylation sites (tertiary alicyclic amines) is 1. The first-order chi connectivity index (χ1) is 13.8. The number of hydrogen-bond donors (Lipinski definition) is 0. The van der Waals surface area contributed by atoms with Gasteiger partial charge in [0, 0.05) is 31.5 Å². The first-order valence-corrected chi connectivity index (χ1v) is 10.5. The van der Waals surface area contributed by atoms with Crippen molar-refractivity contribution in [1.29, 1.82) is 0 Å². The maximum absolute atomic E-state index is 12.4. The van der Waals surface area contributed by atoms with Crippen LogP contribution in [0.3, 0.4) is 0 Å². The van der Waals surface area contributed by atoms with Gasteiger partial charge in [-0.15, -0.1) is 0 Å². The topological polar surface area (TPSA) is 52.4 Å². The summed E-state index contributed by atoms with van der Waals surface area (Å²) in [7, 11) is 1.64. The van der Waals surface area contributed by atoms with Crippen molar-refractivity contribution in [3.8, 4) is 11.5 Å². The molecule has 0 radical (unpaired) electrons. The zero-order valence-electron chi connectivity index (χ0n) is 18.0. The molecular weight excluding hydrogens is 368 g/mol. The van der Waals surface area contributed by atoms with Gasteiger partial charge in [-0.3, -0.25) is 0 Å². The summed E-state index contributed by atoms with van der Waals surface area (Å²) >= 11 is 0. The third-order valence-electron chi connectivity index (χ3n) is 5.75. The van der Waals surface area contributed by atoms with Crippen molar-refractivity contribution in [2.75, 3.05) is 20.2 Å². The number of hydrogen-bond acceptors (Lipinski definition) is 4. The molecule has 1 aromatic rings. The smallest absolute Gasteiger partial charge is 0.410 e. The highest BCUT2D eigenvalue weighted by Gasteiger charge is 2.44. The maximum atomic E-state index is 12.4. The molecule has 6 heteroatoms. The van der Waals surface area contributed by atoms with E-state index >= 15 is 0 Å². The molecule has 1 aromatic carbocycles. The number of piperidine rings is 1. The second-order valence-electron chi connectivity index (χ2n) is 9.00. The van der Waals surface area contributed by atoms with Crippen LogP contribution < -0.4 is 9.47 Å². The lowest BCUT2D eigenvalue weighted by atomic mass is 9.81. The van der Waals surface area contributed by atoms with E-state index in [1.165, 1.54) is 12.8 Å². The Morgan fingerprint density at radius 2 is 1.83 bits per heavy atom. The lowest BCUT2D eigenvalue weighted by molar-refractivity contribution is 0.0181. The van der Waals surface area contributed by atoms with Gasteiger partial charge >= 0.3 is 6.09 Å². The van der Waals surface area contributed by atoms with Crippen molar-refractivity contribution < 1.29 is 19.0 Å². The molecule has 29 heavy (non-hydrogen) atoms. The number of benzene rings is 1. The van der Waals surface area contributed by atoms with Crippen molar-refractivity contribution in [2.45, 2.75) is 76.5 Å². The van der Waals surface area contributed by atoms with Crippen molar-refractivity contribution >= 4 is 6.09 Å². The molecule has 1 saturated heterocycles. The lowest BCUT2D eigenvalue weighted by Crippen LogP contribution is -2.45. The summed E-state index contributed by atoms with van der Waals surface area (Å²) in [4.78, 5) is 18.1. The first kappa shape index (κ1) is 21.3. The Morgan fingerprint density at radius 3 is 2.38 bits per heavy atom. The molecule has 0 unspecified atom stereocenters. The molecule has 0 bridgehead atoms. The van der Waals surface area contributed by atoms with Gasteiger partial charge in [0.15, 0.2) is 11.5 Å². The highest BCUT2D eigenvalue weighted by Crippen LogP contribution is 2.42. The highest BCUT2D eigenvalue weighted by molar-refractivity contribution is 5.68. The lowest BCUT2D eigenvalue weighted by Gasteiger charge is -2.35. The van der Waals surface area contributed by atoms with Crippen molar-refractivity contribution in [2.24, 2.45) is 0 Å². The molecule has 1 aliphatic carbocycles. The van der Waals surface area contributed by atoms with Crippen molar-refractivity contribution in [1.82, 2.24) is 4.90 Å². The van der Waals surface area contributed by atoms with Crippen LogP contribution in [0.25, 0.3) is 4.85 Å². The van der Waals surface area contributed by atoms with Crippen LogP contribution in [-0.4, -0.2) is 42.9 Å². The summed E-state index contributed by atoms with van der Waals surface area (Å²) in [5.41, 5.74) is -0.239. The predicted molar refractivity (Wildman–Crippen MR) is 111 cm³/mol. The molecule has 1 saturated carbocycles. The summed E-state index contributed by atoms with van der Waals surface area (Å²) in [6.45, 7) is 14.5. The number of carbonyl (C=O) groups is 1. The minimum absolute atomic E-state index is 0.219. The Bertz CT molecular complexity index is 764. The Labute approximate surface area is 173 Å². The molecular formula is C23H32N2O4. The fourth-order valence-electron chi connectivity index (χ4n) is 4.09. The third-order valence-corrected chi connectivity index (χ3v) is 5.75. The van der Waals surface area contributed by atoms with Crippen molar-refractivity contribution in [3.63, 3.8) is 0 Å². The van der Waals surface area contributed by atoms with Crippen molar-refractivity contribution in [3.05, 3.63) is 35.2 Å². The van der Waals surface area contributed by atoms with E-state index in [-0.39, 0.29) is 12.2 Å². The zero-order chi connectivity index (χ0) is 21.1. The fourth-order valence-corrected chi connectivity index (χ4v) is 4.09. The molecule has 2 aliphatic rings. The number of methoxy groups -OCH3 is 1. The molecule has 0 aromatic heterocycles. The number of rotatable bonds is 4. The van der Waals surface area contributed by atoms with Crippen LogP contribution in [-0.2, 0) is 10.3 Å². The largest absolute Gasteiger partial charge is 0.493 e. The van der Waals surface area contributed by atoms with Crippen LogP contribution in [0.2, 0.25) is 0 Å². The quantitative estimate of drug-likeness (QED) is 0.655. The Kier molecular flexibility index (Phi) is 6.26. The van der Waals surface area contributed by atoms with E-state index in [0.717, 1.165) is 24.2 Å². The van der Waals surface area contributed by atoms with Crippen LogP contribution >= 0.6 is 0 Å². The van der Waals surface area contributed by atoms with E-state index in [2.05, 4.69) is 4.85 Å². The highest BCUT2D eigenvalue weighted by atomic mass is 16.6. The molecule has 6 nitrogen and oxygen atoms in total. The molecule has 3 rings (SSSR count). The summed E-state index contributed by atoms with van der Waals surface area (Å²) in [6.07, 6.45) is 5.57. The first-order valence-electron chi connectivity index (χ1n) is 10.5. The molecule has 0 N–H and O–H groups in total. The summed E-state index contributed by atoms with van der Waals surface area (Å²) in [5, 5.41) is 0. The number of carbonyl (C=O) groups excluding carboxylic acids is 1. The van der Waals surface area contributed by atoms with E-state index in [1.54, 1.807) is 12.0 Å². The number of amides is 1. The molecule has 1 amide bonds. The molecule has 2 fully saturated rings. The third kappa shape index (κ3) is 4.95. The Morgan fingerprint density at radius 1 is 1.17 bits per heavy atom. The Hall–Kier alpha value is -2.42. The van der Waals surface area contributed by atoms with Gasteiger partial charge in [-0.25, -0.2) is 11.4 Å². The van der Waals surface area contributed by atoms with Crippen LogP contribution in [0, 0.1) is 6.57 Å². The Balaban J connectivity index is 1.76. The van der Waals surface area contributed by atoms with E-state index in [1.807, 2.05) is 39.0 Å². The van der Waals surface area contributed by atoms with E-state index < -0.39 is 11.1 Å². The van der Waals surface area contributed by atoms with Gasteiger partial charge in [0.2, 0.25) is 0 Å². The minimum atomic E-state index is -0.654. The minimum Gasteiger partial charge on any atom is -0.493 e. The summed E-state index contributed by atoms with van der Waals surface area (Å²) < 4.78 is 17.2. The predicted octanol–water partition coefficient (Wildman–Crippen LogP) is 5.16. The number of ether oxygens (including phenoxy) is 3. The second kappa shape index (κ2) is 8.52. The van der Waals surface area contributed by atoms with Gasteiger partial charge in [0.05, 0.1) is 13.2 Å². The van der Waals surface area contributed by atoms with Crippen LogP contribution in [0.1, 0.15) is 64.9 Å². The monoisotopic (exact) mass is 400 g/mol. The van der Waals surface area contributed by atoms with Gasteiger partial charge in [0.1, 0.15) is 5.60 Å².